The van der Waals surface area contributed by atoms with Gasteiger partial charge in [-0.2, -0.15) is 13.2 Å². The monoisotopic (exact) mass is 254 g/mol. The summed E-state index contributed by atoms with van der Waals surface area (Å²) < 4.78 is 40.0. The van der Waals surface area contributed by atoms with Crippen LogP contribution in [-0.4, -0.2) is 17.0 Å². The van der Waals surface area contributed by atoms with Crippen LogP contribution in [0, 0.1) is 0 Å². The number of hydrogen-bond acceptors (Lipinski definition) is 2. The normalized spacial score (nSPS) is 16.1. The first-order valence-corrected chi connectivity index (χ1v) is 5.43. The van der Waals surface area contributed by atoms with Crippen molar-refractivity contribution in [1.82, 2.24) is 9.88 Å². The average molecular weight is 254 g/mol. The van der Waals surface area contributed by atoms with Gasteiger partial charge in [0.05, 0.1) is 17.6 Å². The molecule has 6 heteroatoms. The summed E-state index contributed by atoms with van der Waals surface area (Å²) in [5.74, 6) is -0.358. The van der Waals surface area contributed by atoms with Crippen LogP contribution in [0.2, 0.25) is 0 Å². The Hall–Kier alpha value is -1.82. The van der Waals surface area contributed by atoms with E-state index in [4.69, 9.17) is 0 Å². The van der Waals surface area contributed by atoms with E-state index in [1.54, 1.807) is 12.1 Å². The molecule has 0 spiro atoms. The Labute approximate surface area is 100 Å². The maximum atomic E-state index is 13.0. The number of rotatable bonds is 0. The molecule has 0 bridgehead atoms. The molecule has 18 heavy (non-hydrogen) atoms. The topological polar surface area (TPSA) is 34.0 Å². The molecule has 0 aliphatic carbocycles. The summed E-state index contributed by atoms with van der Waals surface area (Å²) in [6.07, 6.45) is -4.46. The summed E-state index contributed by atoms with van der Waals surface area (Å²) in [6.45, 7) is 0.459. The van der Waals surface area contributed by atoms with Gasteiger partial charge in [-0.25, -0.2) is 0 Å². The highest BCUT2D eigenvalue weighted by atomic mass is 19.4. The lowest BCUT2D eigenvalue weighted by Gasteiger charge is -2.17. The van der Waals surface area contributed by atoms with Gasteiger partial charge in [0.25, 0.3) is 0 Å². The van der Waals surface area contributed by atoms with Crippen molar-refractivity contribution in [3.63, 3.8) is 0 Å². The van der Waals surface area contributed by atoms with Crippen LogP contribution in [0.4, 0.5) is 13.2 Å². The van der Waals surface area contributed by atoms with Crippen molar-refractivity contribution in [1.29, 1.82) is 0 Å². The van der Waals surface area contributed by atoms with E-state index in [0.29, 0.717) is 17.6 Å². The minimum absolute atomic E-state index is 0.0356. The van der Waals surface area contributed by atoms with Gasteiger partial charge in [-0.05, 0) is 12.1 Å². The molecule has 1 aliphatic rings. The first-order chi connectivity index (χ1) is 8.48. The van der Waals surface area contributed by atoms with E-state index in [0.717, 1.165) is 6.07 Å². The van der Waals surface area contributed by atoms with Gasteiger partial charge in [-0.15, -0.1) is 0 Å². The van der Waals surface area contributed by atoms with Crippen LogP contribution in [0.1, 0.15) is 16.1 Å². The van der Waals surface area contributed by atoms with E-state index in [9.17, 15) is 18.0 Å². The predicted octanol–water partition coefficient (Wildman–Crippen LogP) is 2.40. The first kappa shape index (κ1) is 11.3. The third-order valence-electron chi connectivity index (χ3n) is 3.04. The molecule has 1 N–H and O–H groups in total. The zero-order valence-corrected chi connectivity index (χ0v) is 9.21. The number of aromatic nitrogens is 1. The number of nitrogens with zero attached hydrogens (tertiary/aromatic N) is 1. The van der Waals surface area contributed by atoms with Gasteiger partial charge in [0, 0.05) is 17.6 Å². The highest BCUT2D eigenvalue weighted by Crippen LogP contribution is 2.36. The molecule has 2 heterocycles. The Morgan fingerprint density at radius 1 is 1.22 bits per heavy atom. The molecule has 1 aliphatic heterocycles. The quantitative estimate of drug-likeness (QED) is 0.783. The third kappa shape index (κ3) is 1.53. The molecule has 2 aromatic rings. The lowest BCUT2D eigenvalue weighted by molar-refractivity contribution is -0.136. The minimum atomic E-state index is -4.46. The van der Waals surface area contributed by atoms with E-state index in [-0.39, 0.29) is 18.0 Å². The maximum absolute atomic E-state index is 13.0. The van der Waals surface area contributed by atoms with Gasteiger partial charge in [-0.3, -0.25) is 9.36 Å². The van der Waals surface area contributed by atoms with E-state index < -0.39 is 11.7 Å². The SMILES string of the molecule is O=C1CNCc2cc3cccc(C(F)(F)F)c3n21. The maximum Gasteiger partial charge on any atom is 0.418 e. The van der Waals surface area contributed by atoms with Gasteiger partial charge in [0.15, 0.2) is 0 Å². The fourth-order valence-corrected chi connectivity index (χ4v) is 2.34. The zero-order chi connectivity index (χ0) is 12.9. The zero-order valence-electron chi connectivity index (χ0n) is 9.21. The predicted molar refractivity (Wildman–Crippen MR) is 59.3 cm³/mol. The van der Waals surface area contributed by atoms with Crippen molar-refractivity contribution in [3.05, 3.63) is 35.5 Å². The molecule has 0 unspecified atom stereocenters. The molecular formula is C12H9F3N2O. The molecule has 0 atom stereocenters. The largest absolute Gasteiger partial charge is 0.418 e. The molecule has 0 radical (unpaired) electrons. The van der Waals surface area contributed by atoms with E-state index in [2.05, 4.69) is 5.32 Å². The molecule has 1 aromatic heterocycles. The lowest BCUT2D eigenvalue weighted by atomic mass is 10.1. The molecular weight excluding hydrogens is 245 g/mol. The molecule has 3 nitrogen and oxygen atoms in total. The molecule has 0 fully saturated rings. The standard InChI is InChI=1S/C12H9F3N2O/c13-12(14,15)9-3-1-2-7-4-8-5-16-6-10(18)17(8)11(7)9/h1-4,16H,5-6H2. The number of fused-ring (bicyclic) bond motifs is 3. The Kier molecular flexibility index (Phi) is 2.25. The third-order valence-corrected chi connectivity index (χ3v) is 3.04. The van der Waals surface area contributed by atoms with Crippen LogP contribution in [0.15, 0.2) is 24.3 Å². The second-order valence-electron chi connectivity index (χ2n) is 4.21. The first-order valence-electron chi connectivity index (χ1n) is 5.43. The van der Waals surface area contributed by atoms with Crippen LogP contribution >= 0.6 is 0 Å². The second kappa shape index (κ2) is 3.58. The average Bonchev–Trinajstić information content (AvgIpc) is 2.66. The number of nitrogens with one attached hydrogen (secondary N) is 1. The van der Waals surface area contributed by atoms with Crippen molar-refractivity contribution < 1.29 is 18.0 Å². The van der Waals surface area contributed by atoms with Crippen LogP contribution in [0.5, 0.6) is 0 Å². The number of hydrogen-bond donors (Lipinski definition) is 1. The van der Waals surface area contributed by atoms with Crippen molar-refractivity contribution >= 4 is 16.8 Å². The number of halogens is 3. The van der Waals surface area contributed by atoms with Gasteiger partial charge in [0.2, 0.25) is 5.91 Å². The van der Waals surface area contributed by atoms with E-state index in [1.165, 1.54) is 10.6 Å². The number of alkyl halides is 3. The summed E-state index contributed by atoms with van der Waals surface area (Å²) in [5, 5.41) is 3.30. The highest BCUT2D eigenvalue weighted by molar-refractivity contribution is 5.97. The molecule has 3 rings (SSSR count). The van der Waals surface area contributed by atoms with Gasteiger partial charge >= 0.3 is 6.18 Å². The number of para-hydroxylation sites is 1. The van der Waals surface area contributed by atoms with Crippen molar-refractivity contribution in [2.75, 3.05) is 6.54 Å². The Morgan fingerprint density at radius 2 is 2.00 bits per heavy atom. The van der Waals surface area contributed by atoms with E-state index in [1.807, 2.05) is 0 Å². The molecule has 0 amide bonds. The van der Waals surface area contributed by atoms with Crippen molar-refractivity contribution in [3.8, 4) is 0 Å². The molecule has 0 saturated carbocycles. The molecule has 1 aromatic carbocycles. The summed E-state index contributed by atoms with van der Waals surface area (Å²) in [5.41, 5.74) is -0.231. The van der Waals surface area contributed by atoms with Crippen LogP contribution in [0.3, 0.4) is 0 Å². The molecule has 94 valence electrons. The van der Waals surface area contributed by atoms with Crippen molar-refractivity contribution in [2.45, 2.75) is 12.7 Å². The summed E-state index contributed by atoms with van der Waals surface area (Å²) >= 11 is 0. The number of carbonyl (C=O) groups excluding carboxylic acids is 1. The number of carbonyl (C=O) groups is 1. The van der Waals surface area contributed by atoms with Crippen molar-refractivity contribution in [2.24, 2.45) is 0 Å². The highest BCUT2D eigenvalue weighted by Gasteiger charge is 2.35. The summed E-state index contributed by atoms with van der Waals surface area (Å²) in [6, 6.07) is 5.57. The van der Waals surface area contributed by atoms with Gasteiger partial charge in [0.1, 0.15) is 0 Å². The Balaban J connectivity index is 2.40. The number of benzene rings is 1. The molecule has 0 saturated heterocycles. The Morgan fingerprint density at radius 3 is 2.72 bits per heavy atom. The van der Waals surface area contributed by atoms with Gasteiger partial charge < -0.3 is 5.32 Å². The second-order valence-corrected chi connectivity index (χ2v) is 4.21. The fourth-order valence-electron chi connectivity index (χ4n) is 2.34. The summed E-state index contributed by atoms with van der Waals surface area (Å²) in [4.78, 5) is 11.8. The van der Waals surface area contributed by atoms with Crippen LogP contribution in [-0.2, 0) is 12.7 Å². The fraction of sp³-hybridized carbons (Fsp3) is 0.250. The van der Waals surface area contributed by atoms with Crippen LogP contribution in [0.25, 0.3) is 10.9 Å². The van der Waals surface area contributed by atoms with Gasteiger partial charge in [-0.1, -0.05) is 12.1 Å². The van der Waals surface area contributed by atoms with Crippen LogP contribution < -0.4 is 5.32 Å². The minimum Gasteiger partial charge on any atom is -0.303 e. The summed E-state index contributed by atoms with van der Waals surface area (Å²) in [7, 11) is 0. The lowest BCUT2D eigenvalue weighted by Crippen LogP contribution is -2.34. The smallest absolute Gasteiger partial charge is 0.303 e. The Bertz CT molecular complexity index is 643. The van der Waals surface area contributed by atoms with E-state index >= 15 is 0 Å².